The molecule has 0 aliphatic carbocycles. The molecular formula is C15H19N3O2S2. The van der Waals surface area contributed by atoms with Gasteiger partial charge < -0.3 is 10.1 Å². The van der Waals surface area contributed by atoms with Gasteiger partial charge in [-0.2, -0.15) is 16.5 Å². The van der Waals surface area contributed by atoms with Gasteiger partial charge in [0.05, 0.1) is 11.3 Å². The Balaban J connectivity index is 2.30. The first-order valence-electron chi connectivity index (χ1n) is 7.02. The molecule has 118 valence electrons. The quantitative estimate of drug-likeness (QED) is 0.601. The zero-order chi connectivity index (χ0) is 16.1. The largest absolute Gasteiger partial charge is 0.619 e. The molecule has 0 atom stereocenters. The van der Waals surface area contributed by atoms with E-state index in [0.717, 1.165) is 31.7 Å². The molecule has 5 nitrogen and oxygen atoms in total. The van der Waals surface area contributed by atoms with Crippen molar-refractivity contribution in [3.63, 3.8) is 0 Å². The summed E-state index contributed by atoms with van der Waals surface area (Å²) in [6, 6.07) is 3.54. The van der Waals surface area contributed by atoms with Crippen LogP contribution >= 0.6 is 23.1 Å². The van der Waals surface area contributed by atoms with Crippen molar-refractivity contribution >= 4 is 34.0 Å². The number of rotatable bonds is 6. The van der Waals surface area contributed by atoms with Gasteiger partial charge in [0.25, 0.3) is 0 Å². The number of amides is 1. The van der Waals surface area contributed by atoms with E-state index in [9.17, 15) is 10.0 Å². The van der Waals surface area contributed by atoms with Crippen molar-refractivity contribution in [2.24, 2.45) is 0 Å². The molecule has 0 aromatic carbocycles. The van der Waals surface area contributed by atoms with Gasteiger partial charge in [-0.15, -0.1) is 0 Å². The molecule has 2 aromatic heterocycles. The molecule has 0 saturated carbocycles. The molecule has 0 N–H and O–H groups in total. The predicted octanol–water partition coefficient (Wildman–Crippen LogP) is 2.86. The summed E-state index contributed by atoms with van der Waals surface area (Å²) in [4.78, 5) is 18.6. The molecule has 2 heterocycles. The second kappa shape index (κ2) is 7.60. The van der Waals surface area contributed by atoms with Crippen molar-refractivity contribution in [3.05, 3.63) is 35.4 Å². The lowest BCUT2D eigenvalue weighted by molar-refractivity contribution is -0.604. The van der Waals surface area contributed by atoms with E-state index < -0.39 is 0 Å². The monoisotopic (exact) mass is 337 g/mol. The Morgan fingerprint density at radius 2 is 2.32 bits per heavy atom. The minimum absolute atomic E-state index is 0.113. The maximum absolute atomic E-state index is 12.3. The van der Waals surface area contributed by atoms with Gasteiger partial charge in [-0.25, -0.2) is 4.98 Å². The molecule has 0 radical (unpaired) electrons. The topological polar surface area (TPSA) is 60.1 Å². The SMILES string of the molecule is CCN(C(=O)CCSC)c1sc(-c2ccc[n+]([O-])c2)nc1C. The molecular weight excluding hydrogens is 318 g/mol. The number of nitrogens with zero attached hydrogens (tertiary/aromatic N) is 3. The van der Waals surface area contributed by atoms with Crippen molar-refractivity contribution in [2.45, 2.75) is 20.3 Å². The number of aryl methyl sites for hydroxylation is 1. The van der Waals surface area contributed by atoms with E-state index in [1.54, 1.807) is 22.7 Å². The van der Waals surface area contributed by atoms with Crippen LogP contribution in [0.1, 0.15) is 19.0 Å². The summed E-state index contributed by atoms with van der Waals surface area (Å²) in [5.41, 5.74) is 1.59. The highest BCUT2D eigenvalue weighted by Gasteiger charge is 2.20. The normalized spacial score (nSPS) is 10.7. The lowest BCUT2D eigenvalue weighted by atomic mass is 10.3. The Kier molecular flexibility index (Phi) is 5.79. The molecule has 7 heteroatoms. The van der Waals surface area contributed by atoms with Crippen molar-refractivity contribution in [1.82, 2.24) is 4.98 Å². The number of pyridine rings is 1. The van der Waals surface area contributed by atoms with Crippen LogP contribution < -0.4 is 9.63 Å². The Hall–Kier alpha value is -1.60. The van der Waals surface area contributed by atoms with Crippen LogP contribution in [0, 0.1) is 12.1 Å². The van der Waals surface area contributed by atoms with Crippen molar-refractivity contribution in [1.29, 1.82) is 0 Å². The van der Waals surface area contributed by atoms with Gasteiger partial charge in [0.2, 0.25) is 5.91 Å². The van der Waals surface area contributed by atoms with Crippen LogP contribution in [0.5, 0.6) is 0 Å². The molecule has 0 fully saturated rings. The van der Waals surface area contributed by atoms with Crippen LogP contribution in [0.3, 0.4) is 0 Å². The molecule has 2 rings (SSSR count). The molecule has 22 heavy (non-hydrogen) atoms. The first kappa shape index (κ1) is 16.8. The van der Waals surface area contributed by atoms with Gasteiger partial charge in [0, 0.05) is 24.8 Å². The highest BCUT2D eigenvalue weighted by molar-refractivity contribution is 7.98. The summed E-state index contributed by atoms with van der Waals surface area (Å²) in [7, 11) is 0. The van der Waals surface area contributed by atoms with E-state index >= 15 is 0 Å². The zero-order valence-electron chi connectivity index (χ0n) is 12.9. The van der Waals surface area contributed by atoms with Gasteiger partial charge in [-0.3, -0.25) is 4.79 Å². The summed E-state index contributed by atoms with van der Waals surface area (Å²) >= 11 is 3.11. The first-order valence-corrected chi connectivity index (χ1v) is 9.23. The first-order chi connectivity index (χ1) is 10.6. The second-order valence-electron chi connectivity index (χ2n) is 4.74. The number of carbonyl (C=O) groups is 1. The second-order valence-corrected chi connectivity index (χ2v) is 6.71. The van der Waals surface area contributed by atoms with E-state index in [1.807, 2.05) is 26.2 Å². The Labute approximate surface area is 138 Å². The van der Waals surface area contributed by atoms with Crippen LogP contribution in [-0.2, 0) is 4.79 Å². The number of carbonyl (C=O) groups excluding carboxylic acids is 1. The van der Waals surface area contributed by atoms with Crippen molar-refractivity contribution < 1.29 is 9.52 Å². The van der Waals surface area contributed by atoms with Gasteiger partial charge in [-0.05, 0) is 26.2 Å². The lowest BCUT2D eigenvalue weighted by Crippen LogP contribution is -2.30. The van der Waals surface area contributed by atoms with E-state index in [2.05, 4.69) is 4.98 Å². The molecule has 0 saturated heterocycles. The number of thioether (sulfide) groups is 1. The van der Waals surface area contributed by atoms with Gasteiger partial charge in [0.15, 0.2) is 12.4 Å². The fourth-order valence-electron chi connectivity index (χ4n) is 2.10. The summed E-state index contributed by atoms with van der Waals surface area (Å²) in [5.74, 6) is 0.927. The van der Waals surface area contributed by atoms with Crippen LogP contribution in [-0.4, -0.2) is 29.4 Å². The number of hydrogen-bond donors (Lipinski definition) is 0. The summed E-state index contributed by atoms with van der Waals surface area (Å²) in [5, 5.41) is 13.0. The average molecular weight is 337 g/mol. The predicted molar refractivity (Wildman–Crippen MR) is 92.3 cm³/mol. The van der Waals surface area contributed by atoms with E-state index in [4.69, 9.17) is 0 Å². The Morgan fingerprint density at radius 1 is 1.55 bits per heavy atom. The fourth-order valence-corrected chi connectivity index (χ4v) is 3.62. The van der Waals surface area contributed by atoms with E-state index in [0.29, 0.717) is 13.0 Å². The molecule has 0 bridgehead atoms. The fraction of sp³-hybridized carbons (Fsp3) is 0.400. The number of hydrogen-bond acceptors (Lipinski definition) is 5. The maximum Gasteiger partial charge on any atom is 0.228 e. The molecule has 1 amide bonds. The molecule has 0 unspecified atom stereocenters. The van der Waals surface area contributed by atoms with Crippen LogP contribution in [0.4, 0.5) is 5.00 Å². The third-order valence-corrected chi connectivity index (χ3v) is 5.02. The minimum atomic E-state index is 0.113. The highest BCUT2D eigenvalue weighted by Crippen LogP contribution is 2.34. The summed E-state index contributed by atoms with van der Waals surface area (Å²) in [6.07, 6.45) is 5.45. The number of thiazole rings is 1. The highest BCUT2D eigenvalue weighted by atomic mass is 32.2. The standard InChI is InChI=1S/C15H19N3O2S2/c1-4-18(13(19)7-9-21-3)15-11(2)16-14(22-15)12-6-5-8-17(20)10-12/h5-6,8,10H,4,7,9H2,1-3H3. The van der Waals surface area contributed by atoms with Crippen LogP contribution in [0.15, 0.2) is 24.5 Å². The smallest absolute Gasteiger partial charge is 0.228 e. The van der Waals surface area contributed by atoms with Gasteiger partial charge in [-0.1, -0.05) is 11.3 Å². The van der Waals surface area contributed by atoms with Gasteiger partial charge >= 0.3 is 0 Å². The van der Waals surface area contributed by atoms with Gasteiger partial charge in [0.1, 0.15) is 10.0 Å². The Bertz CT molecular complexity index is 658. The Morgan fingerprint density at radius 3 is 2.95 bits per heavy atom. The lowest BCUT2D eigenvalue weighted by Gasteiger charge is -2.19. The van der Waals surface area contributed by atoms with Crippen LogP contribution in [0.2, 0.25) is 0 Å². The minimum Gasteiger partial charge on any atom is -0.619 e. The summed E-state index contributed by atoms with van der Waals surface area (Å²) in [6.45, 7) is 4.48. The summed E-state index contributed by atoms with van der Waals surface area (Å²) < 4.78 is 0.757. The molecule has 2 aromatic rings. The average Bonchev–Trinajstić information content (AvgIpc) is 2.88. The van der Waals surface area contributed by atoms with Crippen molar-refractivity contribution in [3.8, 4) is 10.6 Å². The number of anilines is 1. The third-order valence-electron chi connectivity index (χ3n) is 3.18. The molecule has 0 spiro atoms. The van der Waals surface area contributed by atoms with Crippen molar-refractivity contribution in [2.75, 3.05) is 23.5 Å². The van der Waals surface area contributed by atoms with E-state index in [-0.39, 0.29) is 5.91 Å². The zero-order valence-corrected chi connectivity index (χ0v) is 14.5. The molecule has 0 aliphatic rings. The molecule has 0 aliphatic heterocycles. The van der Waals surface area contributed by atoms with E-state index in [1.165, 1.54) is 23.7 Å². The maximum atomic E-state index is 12.3. The third kappa shape index (κ3) is 3.78. The van der Waals surface area contributed by atoms with Crippen LogP contribution in [0.25, 0.3) is 10.6 Å². The number of aromatic nitrogens is 2.